The van der Waals surface area contributed by atoms with E-state index in [1.165, 1.54) is 18.5 Å². The molecule has 0 aliphatic carbocycles. The molecule has 1 N–H and O–H groups in total. The number of fused-ring (bicyclic) bond motifs is 1. The summed E-state index contributed by atoms with van der Waals surface area (Å²) in [4.78, 5) is 13.6. The van der Waals surface area contributed by atoms with Gasteiger partial charge in [-0.05, 0) is 29.8 Å². The van der Waals surface area contributed by atoms with Crippen molar-refractivity contribution in [2.24, 2.45) is 7.05 Å². The van der Waals surface area contributed by atoms with E-state index in [4.69, 9.17) is 14.5 Å². The van der Waals surface area contributed by atoms with Gasteiger partial charge < -0.3 is 14.8 Å². The van der Waals surface area contributed by atoms with Crippen molar-refractivity contribution in [2.45, 2.75) is 6.54 Å². The van der Waals surface area contributed by atoms with Gasteiger partial charge in [0.15, 0.2) is 11.6 Å². The second-order valence-electron chi connectivity index (χ2n) is 8.02. The van der Waals surface area contributed by atoms with E-state index >= 15 is 0 Å². The fourth-order valence-corrected chi connectivity index (χ4v) is 3.92. The van der Waals surface area contributed by atoms with Crippen LogP contribution in [0.4, 0.5) is 14.6 Å². The first kappa shape index (κ1) is 23.2. The van der Waals surface area contributed by atoms with Crippen LogP contribution in [0, 0.1) is 11.6 Å². The lowest BCUT2D eigenvalue weighted by molar-refractivity contribution is 0.414. The molecule has 182 valence electrons. The van der Waals surface area contributed by atoms with Crippen molar-refractivity contribution in [1.82, 2.24) is 24.7 Å². The summed E-state index contributed by atoms with van der Waals surface area (Å²) in [7, 11) is 4.89. The van der Waals surface area contributed by atoms with Gasteiger partial charge in [0, 0.05) is 43.0 Å². The van der Waals surface area contributed by atoms with Crippen molar-refractivity contribution in [3.63, 3.8) is 0 Å². The molecule has 36 heavy (non-hydrogen) atoms. The van der Waals surface area contributed by atoms with Crippen molar-refractivity contribution >= 4 is 16.9 Å². The minimum absolute atomic E-state index is 0.158. The Morgan fingerprint density at radius 3 is 2.44 bits per heavy atom. The number of nitrogens with zero attached hydrogens (tertiary/aromatic N) is 5. The smallest absolute Gasteiger partial charge is 0.169 e. The van der Waals surface area contributed by atoms with Gasteiger partial charge in [0.1, 0.15) is 40.6 Å². The fourth-order valence-electron chi connectivity index (χ4n) is 3.92. The molecular weight excluding hydrogens is 466 g/mol. The number of halogens is 2. The monoisotopic (exact) mass is 488 g/mol. The molecule has 0 fully saturated rings. The summed E-state index contributed by atoms with van der Waals surface area (Å²) in [5, 5.41) is 7.72. The van der Waals surface area contributed by atoms with Gasteiger partial charge in [-0.1, -0.05) is 12.1 Å². The van der Waals surface area contributed by atoms with E-state index in [9.17, 15) is 8.78 Å². The quantitative estimate of drug-likeness (QED) is 0.345. The summed E-state index contributed by atoms with van der Waals surface area (Å²) in [6.45, 7) is 0.487. The Kier molecular flexibility index (Phi) is 6.16. The molecule has 0 saturated heterocycles. The maximum absolute atomic E-state index is 14.7. The minimum atomic E-state index is -0.718. The number of methoxy groups -OCH3 is 2. The van der Waals surface area contributed by atoms with Crippen LogP contribution < -0.4 is 14.8 Å². The fraction of sp³-hybridized carbons (Fsp3) is 0.154. The lowest BCUT2D eigenvalue weighted by Crippen LogP contribution is -2.05. The van der Waals surface area contributed by atoms with Gasteiger partial charge in [-0.2, -0.15) is 5.10 Å². The highest BCUT2D eigenvalue weighted by Crippen LogP contribution is 2.36. The van der Waals surface area contributed by atoms with Crippen molar-refractivity contribution in [3.8, 4) is 34.0 Å². The largest absolute Gasteiger partial charge is 0.497 e. The van der Waals surface area contributed by atoms with Crippen molar-refractivity contribution < 1.29 is 18.3 Å². The first-order valence-electron chi connectivity index (χ1n) is 11.0. The molecule has 0 atom stereocenters. The van der Waals surface area contributed by atoms with Gasteiger partial charge in [0.2, 0.25) is 0 Å². The van der Waals surface area contributed by atoms with Gasteiger partial charge in [-0.3, -0.25) is 4.68 Å². The molecule has 8 nitrogen and oxygen atoms in total. The van der Waals surface area contributed by atoms with Crippen LogP contribution in [0.25, 0.3) is 33.5 Å². The highest BCUT2D eigenvalue weighted by atomic mass is 19.1. The number of aromatic nitrogens is 5. The number of hydrogen-bond acceptors (Lipinski definition) is 7. The number of pyridine rings is 1. The summed E-state index contributed by atoms with van der Waals surface area (Å²) in [5.74, 6) is 0.395. The second-order valence-corrected chi connectivity index (χ2v) is 8.02. The van der Waals surface area contributed by atoms with Crippen LogP contribution in [0.1, 0.15) is 5.56 Å². The predicted octanol–water partition coefficient (Wildman–Crippen LogP) is 5.00. The van der Waals surface area contributed by atoms with E-state index in [0.717, 1.165) is 17.4 Å². The zero-order valence-electron chi connectivity index (χ0n) is 19.8. The molecule has 2 aromatic carbocycles. The molecule has 0 spiro atoms. The number of rotatable bonds is 7. The number of ether oxygens (including phenoxy) is 2. The Balaban J connectivity index is 1.59. The van der Waals surface area contributed by atoms with Crippen LogP contribution in [-0.4, -0.2) is 39.0 Å². The van der Waals surface area contributed by atoms with Gasteiger partial charge in [0.25, 0.3) is 0 Å². The Hall–Kier alpha value is -4.60. The Morgan fingerprint density at radius 1 is 0.917 bits per heavy atom. The molecule has 0 unspecified atom stereocenters. The molecule has 0 aliphatic heterocycles. The molecule has 10 heteroatoms. The second kappa shape index (κ2) is 9.57. The van der Waals surface area contributed by atoms with E-state index in [1.54, 1.807) is 38.2 Å². The number of nitrogens with one attached hydrogen (secondary N) is 1. The number of benzene rings is 2. The molecule has 0 aliphatic rings. The summed E-state index contributed by atoms with van der Waals surface area (Å²) in [5.41, 5.74) is 3.51. The Morgan fingerprint density at radius 2 is 1.72 bits per heavy atom. The lowest BCUT2D eigenvalue weighted by atomic mass is 10.0. The van der Waals surface area contributed by atoms with E-state index in [0.29, 0.717) is 46.1 Å². The standard InChI is InChI=1S/C26H22F2N6O2/c1-34-13-19(23(33-34)18-9-6-16(27)10-20(18)28)24-25-21(30-14-31-24)11-22(36-3)26(32-25)29-12-15-4-7-17(35-2)8-5-15/h4-11,13-14H,12H2,1-3H3,(H,29,32). The number of aryl methyl sites for hydroxylation is 1. The third-order valence-electron chi connectivity index (χ3n) is 5.68. The SMILES string of the molecule is COc1ccc(CNc2nc3c(-c4cn(C)nc4-c4ccc(F)cc4F)ncnc3cc2OC)cc1. The van der Waals surface area contributed by atoms with Crippen LogP contribution in [0.15, 0.2) is 61.1 Å². The van der Waals surface area contributed by atoms with Gasteiger partial charge in [-0.15, -0.1) is 0 Å². The average Bonchev–Trinajstić information content (AvgIpc) is 3.27. The highest BCUT2D eigenvalue weighted by Gasteiger charge is 2.21. The van der Waals surface area contributed by atoms with E-state index in [-0.39, 0.29) is 5.56 Å². The van der Waals surface area contributed by atoms with Crippen molar-refractivity contribution in [1.29, 1.82) is 0 Å². The van der Waals surface area contributed by atoms with E-state index in [1.807, 2.05) is 24.3 Å². The molecule has 3 heterocycles. The molecule has 5 aromatic rings. The highest BCUT2D eigenvalue weighted by molar-refractivity contribution is 5.94. The van der Waals surface area contributed by atoms with E-state index in [2.05, 4.69) is 20.4 Å². The van der Waals surface area contributed by atoms with Crippen molar-refractivity contribution in [3.05, 3.63) is 78.3 Å². The first-order valence-corrected chi connectivity index (χ1v) is 11.0. The predicted molar refractivity (Wildman–Crippen MR) is 132 cm³/mol. The molecule has 0 amide bonds. The molecule has 0 bridgehead atoms. The van der Waals surface area contributed by atoms with Crippen LogP contribution in [0.5, 0.6) is 11.5 Å². The molecule has 0 saturated carbocycles. The summed E-state index contributed by atoms with van der Waals surface area (Å²) in [6, 6.07) is 12.8. The third kappa shape index (κ3) is 4.40. The maximum Gasteiger partial charge on any atom is 0.169 e. The van der Waals surface area contributed by atoms with E-state index < -0.39 is 11.6 Å². The van der Waals surface area contributed by atoms with Crippen LogP contribution >= 0.6 is 0 Å². The zero-order valence-corrected chi connectivity index (χ0v) is 19.8. The van der Waals surface area contributed by atoms with Gasteiger partial charge >= 0.3 is 0 Å². The summed E-state index contributed by atoms with van der Waals surface area (Å²) < 4.78 is 40.5. The van der Waals surface area contributed by atoms with Crippen LogP contribution in [0.3, 0.4) is 0 Å². The molecule has 3 aromatic heterocycles. The zero-order chi connectivity index (χ0) is 25.2. The third-order valence-corrected chi connectivity index (χ3v) is 5.68. The molecule has 0 radical (unpaired) electrons. The van der Waals surface area contributed by atoms with Gasteiger partial charge in [0.05, 0.1) is 19.7 Å². The first-order chi connectivity index (χ1) is 17.5. The number of anilines is 1. The molecule has 5 rings (SSSR count). The Labute approximate surface area is 205 Å². The summed E-state index contributed by atoms with van der Waals surface area (Å²) in [6.07, 6.45) is 3.12. The lowest BCUT2D eigenvalue weighted by Gasteiger charge is -2.13. The van der Waals surface area contributed by atoms with Gasteiger partial charge in [-0.25, -0.2) is 23.7 Å². The van der Waals surface area contributed by atoms with Crippen LogP contribution in [-0.2, 0) is 13.6 Å². The average molecular weight is 488 g/mol. The topological polar surface area (TPSA) is 87.0 Å². The van der Waals surface area contributed by atoms with Crippen LogP contribution in [0.2, 0.25) is 0 Å². The summed E-state index contributed by atoms with van der Waals surface area (Å²) >= 11 is 0. The maximum atomic E-state index is 14.7. The minimum Gasteiger partial charge on any atom is -0.497 e. The van der Waals surface area contributed by atoms with Crippen molar-refractivity contribution in [2.75, 3.05) is 19.5 Å². The molecular formula is C26H22F2N6O2. The normalized spacial score (nSPS) is 11.0. The Bertz CT molecular complexity index is 1550. The number of hydrogen-bond donors (Lipinski definition) is 1.